The van der Waals surface area contributed by atoms with E-state index in [-0.39, 0.29) is 18.3 Å². The fourth-order valence-corrected chi connectivity index (χ4v) is 4.62. The first-order valence-electron chi connectivity index (χ1n) is 10.4. The lowest BCUT2D eigenvalue weighted by Gasteiger charge is -2.40. The Kier molecular flexibility index (Phi) is 7.76. The van der Waals surface area contributed by atoms with E-state index in [0.29, 0.717) is 11.6 Å². The van der Waals surface area contributed by atoms with Gasteiger partial charge in [-0.1, -0.05) is 40.2 Å². The molecule has 0 radical (unpaired) electrons. The normalized spacial score (nSPS) is 14.8. The van der Waals surface area contributed by atoms with E-state index in [0.717, 1.165) is 58.0 Å². The van der Waals surface area contributed by atoms with Gasteiger partial charge in [-0.15, -0.1) is 0 Å². The molecule has 0 saturated carbocycles. The van der Waals surface area contributed by atoms with E-state index in [1.807, 2.05) is 48.5 Å². The molecule has 1 N–H and O–H groups in total. The smallest absolute Gasteiger partial charge is 0.255 e. The van der Waals surface area contributed by atoms with Crippen LogP contribution in [0.25, 0.3) is 10.8 Å². The maximum atomic E-state index is 12.7. The second-order valence-corrected chi connectivity index (χ2v) is 9.55. The predicted octanol–water partition coefficient (Wildman–Crippen LogP) is 2.61. The molecule has 0 atom stereocenters. The van der Waals surface area contributed by atoms with Crippen LogP contribution in [0.2, 0.25) is 0 Å². The Morgan fingerprint density at radius 2 is 1.68 bits per heavy atom. The van der Waals surface area contributed by atoms with Crippen LogP contribution in [-0.4, -0.2) is 43.7 Å². The van der Waals surface area contributed by atoms with E-state index in [2.05, 4.69) is 47.5 Å². The Bertz CT molecular complexity index is 1050. The largest absolute Gasteiger partial charge is 1.00 e. The zero-order valence-corrected chi connectivity index (χ0v) is 20.2. The molecule has 31 heavy (non-hydrogen) atoms. The van der Waals surface area contributed by atoms with Gasteiger partial charge in [-0.3, -0.25) is 4.79 Å². The number of amides is 1. The number of rotatable bonds is 5. The summed E-state index contributed by atoms with van der Waals surface area (Å²) in [7, 11) is 4.59. The average molecular weight is 504 g/mol. The molecule has 164 valence electrons. The summed E-state index contributed by atoms with van der Waals surface area (Å²) in [6.45, 7) is 2.70. The molecule has 0 aromatic heterocycles. The SMILES string of the molecule is C[N+](C)(Cc1ccc(NC(=O)c2ccc3ccc(Br)cc3c2)cc1)C1CCOCC1.[Cl-]. The molecule has 6 heteroatoms. The summed E-state index contributed by atoms with van der Waals surface area (Å²) >= 11 is 3.49. The van der Waals surface area contributed by atoms with E-state index in [1.54, 1.807) is 0 Å². The Morgan fingerprint density at radius 3 is 2.39 bits per heavy atom. The van der Waals surface area contributed by atoms with Crippen molar-refractivity contribution < 1.29 is 26.4 Å². The van der Waals surface area contributed by atoms with Crippen molar-refractivity contribution in [3.05, 3.63) is 76.3 Å². The highest BCUT2D eigenvalue weighted by Gasteiger charge is 2.30. The lowest BCUT2D eigenvalue weighted by molar-refractivity contribution is -0.929. The monoisotopic (exact) mass is 502 g/mol. The van der Waals surface area contributed by atoms with Crippen molar-refractivity contribution in [3.8, 4) is 0 Å². The van der Waals surface area contributed by atoms with Gasteiger partial charge in [0.2, 0.25) is 0 Å². The van der Waals surface area contributed by atoms with Crippen LogP contribution < -0.4 is 17.7 Å². The molecule has 1 amide bonds. The number of hydrogen-bond acceptors (Lipinski definition) is 2. The van der Waals surface area contributed by atoms with Crippen LogP contribution in [0.4, 0.5) is 5.69 Å². The number of ether oxygens (including phenoxy) is 1. The van der Waals surface area contributed by atoms with Gasteiger partial charge in [0.05, 0.1) is 33.4 Å². The summed E-state index contributed by atoms with van der Waals surface area (Å²) in [6, 6.07) is 20.7. The van der Waals surface area contributed by atoms with Gasteiger partial charge in [-0.25, -0.2) is 0 Å². The molecular weight excluding hydrogens is 476 g/mol. The molecule has 3 aromatic rings. The molecule has 1 fully saturated rings. The van der Waals surface area contributed by atoms with Crippen LogP contribution >= 0.6 is 15.9 Å². The zero-order valence-electron chi connectivity index (χ0n) is 17.9. The molecule has 1 saturated heterocycles. The number of hydrogen-bond donors (Lipinski definition) is 1. The average Bonchev–Trinajstić information content (AvgIpc) is 2.75. The first-order valence-corrected chi connectivity index (χ1v) is 11.2. The van der Waals surface area contributed by atoms with Crippen molar-refractivity contribution in [2.75, 3.05) is 32.6 Å². The van der Waals surface area contributed by atoms with Crippen LogP contribution in [0.3, 0.4) is 0 Å². The van der Waals surface area contributed by atoms with E-state index in [9.17, 15) is 4.79 Å². The van der Waals surface area contributed by atoms with Gasteiger partial charge in [-0.05, 0) is 47.2 Å². The molecule has 0 unspecified atom stereocenters. The molecule has 1 aliphatic rings. The molecule has 1 aliphatic heterocycles. The van der Waals surface area contributed by atoms with Crippen LogP contribution in [0.15, 0.2) is 65.1 Å². The predicted molar refractivity (Wildman–Crippen MR) is 126 cm³/mol. The molecule has 4 rings (SSSR count). The number of quaternary nitrogens is 1. The van der Waals surface area contributed by atoms with Crippen molar-refractivity contribution in [1.82, 2.24) is 0 Å². The molecule has 1 heterocycles. The Morgan fingerprint density at radius 1 is 1.00 bits per heavy atom. The van der Waals surface area contributed by atoms with Crippen molar-refractivity contribution in [2.24, 2.45) is 0 Å². The third-order valence-electron chi connectivity index (χ3n) is 6.05. The Hall–Kier alpha value is -1.92. The fraction of sp³-hybridized carbons (Fsp3) is 0.320. The van der Waals surface area contributed by atoms with Crippen molar-refractivity contribution in [2.45, 2.75) is 25.4 Å². The number of carbonyl (C=O) groups excluding carboxylic acids is 1. The van der Waals surface area contributed by atoms with Gasteiger partial charge in [-0.2, -0.15) is 0 Å². The summed E-state index contributed by atoms with van der Waals surface area (Å²) in [5.74, 6) is -0.0945. The van der Waals surface area contributed by atoms with Crippen molar-refractivity contribution >= 4 is 38.3 Å². The Labute approximate surface area is 198 Å². The molecule has 0 spiro atoms. The topological polar surface area (TPSA) is 38.3 Å². The second kappa shape index (κ2) is 10.1. The maximum absolute atomic E-state index is 12.7. The van der Waals surface area contributed by atoms with Gasteiger partial charge in [0.1, 0.15) is 6.54 Å². The maximum Gasteiger partial charge on any atom is 0.255 e. The first-order chi connectivity index (χ1) is 14.4. The second-order valence-electron chi connectivity index (χ2n) is 8.64. The number of halogens is 2. The van der Waals surface area contributed by atoms with E-state index in [1.165, 1.54) is 5.56 Å². The lowest BCUT2D eigenvalue weighted by atomic mass is 10.0. The number of fused-ring (bicyclic) bond motifs is 1. The number of benzene rings is 3. The zero-order chi connectivity index (χ0) is 21.1. The summed E-state index contributed by atoms with van der Waals surface area (Å²) in [4.78, 5) is 12.7. The van der Waals surface area contributed by atoms with E-state index in [4.69, 9.17) is 4.74 Å². The quantitative estimate of drug-likeness (QED) is 0.544. The minimum atomic E-state index is -0.0945. The van der Waals surface area contributed by atoms with E-state index >= 15 is 0 Å². The number of nitrogens with one attached hydrogen (secondary N) is 1. The Balaban J connectivity index is 0.00000272. The van der Waals surface area contributed by atoms with Crippen molar-refractivity contribution in [3.63, 3.8) is 0 Å². The van der Waals surface area contributed by atoms with Gasteiger partial charge in [0.25, 0.3) is 5.91 Å². The summed E-state index contributed by atoms with van der Waals surface area (Å²) in [5.41, 5.74) is 2.75. The highest BCUT2D eigenvalue weighted by atomic mass is 79.9. The third-order valence-corrected chi connectivity index (χ3v) is 6.54. The first kappa shape index (κ1) is 23.7. The van der Waals surface area contributed by atoms with Crippen LogP contribution in [0.5, 0.6) is 0 Å². The van der Waals surface area contributed by atoms with E-state index < -0.39 is 0 Å². The summed E-state index contributed by atoms with van der Waals surface area (Å²) < 4.78 is 7.48. The highest BCUT2D eigenvalue weighted by molar-refractivity contribution is 9.10. The number of anilines is 1. The van der Waals surface area contributed by atoms with Crippen LogP contribution in [0.1, 0.15) is 28.8 Å². The van der Waals surface area contributed by atoms with Gasteiger partial charge in [0, 0.05) is 34.1 Å². The van der Waals surface area contributed by atoms with Gasteiger partial charge in [0.15, 0.2) is 0 Å². The molecule has 0 bridgehead atoms. The molecule has 0 aliphatic carbocycles. The van der Waals surface area contributed by atoms with Crippen molar-refractivity contribution in [1.29, 1.82) is 0 Å². The number of carbonyl (C=O) groups is 1. The summed E-state index contributed by atoms with van der Waals surface area (Å²) in [5, 5.41) is 5.18. The molecular formula is C25H28BrClN2O2. The van der Waals surface area contributed by atoms with Crippen LogP contribution in [-0.2, 0) is 11.3 Å². The summed E-state index contributed by atoms with van der Waals surface area (Å²) in [6.07, 6.45) is 2.23. The minimum Gasteiger partial charge on any atom is -1.00 e. The minimum absolute atomic E-state index is 0. The van der Waals surface area contributed by atoms with Gasteiger partial charge < -0.3 is 26.9 Å². The van der Waals surface area contributed by atoms with Gasteiger partial charge >= 0.3 is 0 Å². The molecule has 3 aromatic carbocycles. The fourth-order valence-electron chi connectivity index (χ4n) is 4.24. The molecule has 4 nitrogen and oxygen atoms in total. The lowest BCUT2D eigenvalue weighted by Crippen LogP contribution is -3.00. The number of nitrogens with zero attached hydrogens (tertiary/aromatic N) is 1. The third kappa shape index (κ3) is 5.86. The highest BCUT2D eigenvalue weighted by Crippen LogP contribution is 2.24. The standard InChI is InChI=1S/C25H27BrN2O2.ClH/c1-28(2,24-11-13-30-14-12-24)17-18-3-9-23(10-4-18)27-25(29)20-6-5-19-7-8-22(26)16-21(19)15-20;/h3-10,15-16,24H,11-14,17H2,1-2H3;1H. The van der Waals surface area contributed by atoms with Crippen LogP contribution in [0, 0.1) is 0 Å².